The van der Waals surface area contributed by atoms with E-state index in [1.54, 1.807) is 0 Å². The summed E-state index contributed by atoms with van der Waals surface area (Å²) in [6.07, 6.45) is 0. The molecule has 2 rings (SSSR count). The zero-order chi connectivity index (χ0) is 17.4. The van der Waals surface area contributed by atoms with Crippen LogP contribution >= 0.6 is 12.3 Å². The van der Waals surface area contributed by atoms with Gasteiger partial charge in [0.2, 0.25) is 0 Å². The minimum Gasteiger partial charge on any atom is -0.811 e. The Morgan fingerprint density at radius 2 is 1.29 bits per heavy atom. The zero-order valence-electron chi connectivity index (χ0n) is 13.4. The van der Waals surface area contributed by atoms with Gasteiger partial charge in [-0.1, -0.05) is 54.0 Å². The average molecular weight is 389 g/mol. The van der Waals surface area contributed by atoms with E-state index in [2.05, 4.69) is 0 Å². The number of carbonyl (C=O) groups is 1. The van der Waals surface area contributed by atoms with Crippen molar-refractivity contribution in [3.05, 3.63) is 48.5 Å². The molecule has 24 heavy (non-hydrogen) atoms. The molecule has 11 heteroatoms. The van der Waals surface area contributed by atoms with Crippen molar-refractivity contribution in [2.45, 2.75) is 0 Å². The van der Waals surface area contributed by atoms with E-state index in [4.69, 9.17) is 33.8 Å². The van der Waals surface area contributed by atoms with Crippen LogP contribution in [0, 0.1) is 0 Å². The Morgan fingerprint density at radius 3 is 1.71 bits per heavy atom. The number of hydrogen-bond acceptors (Lipinski definition) is 9. The average Bonchev–Trinajstić information content (AvgIpc) is 2.54. The molecular weight excluding hydrogens is 374 g/mol. The van der Waals surface area contributed by atoms with Gasteiger partial charge in [0, 0.05) is 5.56 Å². The van der Waals surface area contributed by atoms with Crippen LogP contribution in [0.1, 0.15) is 0 Å². The summed E-state index contributed by atoms with van der Waals surface area (Å²) < 4.78 is 33.3. The first-order valence-corrected chi connectivity index (χ1v) is 6.87. The van der Waals surface area contributed by atoms with Gasteiger partial charge >= 0.3 is 59.1 Å². The standard InChI is InChI=1S/C12H12N2.CH2O.2Na.H2O2S.HO2S/c13-11-8-4-7-10(12(11)14)9-5-2-1-3-6-9;1-2;;;2*1-3-2/h1-8H,13-14H2;1H2;;;1-2H;3H/q;;2*+1;;-1/p-2. The number of benzene rings is 2. The predicted molar refractivity (Wildman–Crippen MR) is 87.1 cm³/mol. The SMILES string of the molecule is C=O.Nc1cccc(-c2ccccc2)c1N.O=[SH-]=O.[Na+].[Na+].[O-]S[O-]. The van der Waals surface area contributed by atoms with Crippen molar-refractivity contribution in [3.8, 4) is 11.1 Å². The molecule has 0 aliphatic rings. The van der Waals surface area contributed by atoms with Gasteiger partial charge in [-0.3, -0.25) is 0 Å². The number of rotatable bonds is 1. The Hall–Kier alpha value is -0.0700. The molecule has 0 saturated heterocycles. The first kappa shape index (κ1) is 31.7. The first-order valence-electron chi connectivity index (χ1n) is 5.47. The normalized spacial score (nSPS) is 7.42. The van der Waals surface area contributed by atoms with Crippen LogP contribution in [0.25, 0.3) is 11.1 Å². The minimum absolute atomic E-state index is 0. The molecule has 0 aromatic heterocycles. The minimum atomic E-state index is -1.08. The third-order valence-corrected chi connectivity index (χ3v) is 2.22. The van der Waals surface area contributed by atoms with Crippen molar-refractivity contribution in [3.63, 3.8) is 0 Å². The van der Waals surface area contributed by atoms with Crippen molar-refractivity contribution >= 4 is 42.1 Å². The van der Waals surface area contributed by atoms with E-state index in [0.717, 1.165) is 11.1 Å². The molecule has 0 saturated carbocycles. The van der Waals surface area contributed by atoms with E-state index >= 15 is 0 Å². The van der Waals surface area contributed by atoms with Crippen LogP contribution in [0.2, 0.25) is 0 Å². The molecule has 0 spiro atoms. The molecule has 0 amide bonds. The number of anilines is 2. The molecule has 0 unspecified atom stereocenters. The topological polar surface area (TPSA) is 149 Å². The second kappa shape index (κ2) is 22.9. The predicted octanol–water partition coefficient (Wildman–Crippen LogP) is -4.19. The van der Waals surface area contributed by atoms with E-state index in [9.17, 15) is 0 Å². The molecule has 0 heterocycles. The number of thiol groups is 1. The summed E-state index contributed by atoms with van der Waals surface area (Å²) in [5.41, 5.74) is 15.0. The maximum absolute atomic E-state index is 8.35. The third kappa shape index (κ3) is 14.3. The molecule has 122 valence electrons. The van der Waals surface area contributed by atoms with Crippen LogP contribution < -0.4 is 70.6 Å². The molecular formula is C13H15N2Na2O5S2-. The molecule has 7 nitrogen and oxygen atoms in total. The fourth-order valence-electron chi connectivity index (χ4n) is 1.45. The molecule has 0 fully saturated rings. The molecule has 2 aromatic rings. The summed E-state index contributed by atoms with van der Waals surface area (Å²) in [7, 11) is 0. The van der Waals surface area contributed by atoms with Crippen LogP contribution in [-0.2, 0) is 24.8 Å². The van der Waals surface area contributed by atoms with E-state index in [1.807, 2.05) is 55.3 Å². The van der Waals surface area contributed by atoms with Gasteiger partial charge in [-0.15, -0.1) is 0 Å². The van der Waals surface area contributed by atoms with E-state index in [0.29, 0.717) is 11.4 Å². The van der Waals surface area contributed by atoms with E-state index in [-0.39, 0.29) is 59.1 Å². The Morgan fingerprint density at radius 1 is 0.875 bits per heavy atom. The first-order chi connectivity index (χ1) is 10.6. The van der Waals surface area contributed by atoms with Gasteiger partial charge in [0.15, 0.2) is 0 Å². The summed E-state index contributed by atoms with van der Waals surface area (Å²) in [5.74, 6) is 0. The van der Waals surface area contributed by atoms with Crippen molar-refractivity contribution < 1.29 is 81.4 Å². The quantitative estimate of drug-likeness (QED) is 0.164. The number of para-hydroxylation sites is 1. The smallest absolute Gasteiger partial charge is 0.811 e. The number of hydrogen-bond donors (Lipinski definition) is 2. The van der Waals surface area contributed by atoms with E-state index < -0.39 is 23.9 Å². The Balaban J connectivity index is -0.000000174. The molecule has 0 aliphatic carbocycles. The van der Waals surface area contributed by atoms with Gasteiger partial charge in [0.25, 0.3) is 0 Å². The zero-order valence-corrected chi connectivity index (χ0v) is 19.1. The van der Waals surface area contributed by atoms with Crippen LogP contribution in [-0.4, -0.2) is 15.9 Å². The second-order valence-corrected chi connectivity index (χ2v) is 3.60. The number of nitrogen functional groups attached to an aromatic ring is 2. The molecule has 0 radical (unpaired) electrons. The van der Waals surface area contributed by atoms with E-state index in [1.165, 1.54) is 0 Å². The fourth-order valence-corrected chi connectivity index (χ4v) is 1.45. The van der Waals surface area contributed by atoms with Crippen molar-refractivity contribution in [2.24, 2.45) is 0 Å². The van der Waals surface area contributed by atoms with Crippen LogP contribution in [0.3, 0.4) is 0 Å². The van der Waals surface area contributed by atoms with Crippen molar-refractivity contribution in [2.75, 3.05) is 11.5 Å². The Labute approximate surface area is 192 Å². The summed E-state index contributed by atoms with van der Waals surface area (Å²) in [4.78, 5) is 8.00. The molecule has 0 bridgehead atoms. The monoisotopic (exact) mass is 389 g/mol. The van der Waals surface area contributed by atoms with Gasteiger partial charge in [-0.05, 0) is 11.6 Å². The largest absolute Gasteiger partial charge is 1.00 e. The van der Waals surface area contributed by atoms with Crippen LogP contribution in [0.4, 0.5) is 11.4 Å². The number of carbonyl (C=O) groups excluding carboxylic acids is 1. The number of nitrogens with two attached hydrogens (primary N) is 2. The van der Waals surface area contributed by atoms with Gasteiger partial charge < -0.3 is 46.1 Å². The summed E-state index contributed by atoms with van der Waals surface area (Å²) in [6.45, 7) is 2.00. The van der Waals surface area contributed by atoms with Crippen molar-refractivity contribution in [1.29, 1.82) is 0 Å². The molecule has 2 aromatic carbocycles. The fraction of sp³-hybridized carbons (Fsp3) is 0. The maximum Gasteiger partial charge on any atom is 1.00 e. The molecule has 0 aliphatic heterocycles. The van der Waals surface area contributed by atoms with Crippen LogP contribution in [0.5, 0.6) is 0 Å². The van der Waals surface area contributed by atoms with Gasteiger partial charge in [-0.2, -0.15) is 0 Å². The summed E-state index contributed by atoms with van der Waals surface area (Å²) in [5, 5.41) is 0. The van der Waals surface area contributed by atoms with Gasteiger partial charge in [0.1, 0.15) is 6.79 Å². The van der Waals surface area contributed by atoms with Gasteiger partial charge in [0.05, 0.1) is 11.4 Å². The Kier molecular flexibility index (Phi) is 30.3. The van der Waals surface area contributed by atoms with Crippen LogP contribution in [0.15, 0.2) is 48.5 Å². The molecule has 0 atom stereocenters. The summed E-state index contributed by atoms with van der Waals surface area (Å²) >= 11 is -1.83. The molecule has 4 N–H and O–H groups in total. The Bertz CT molecular complexity index is 574. The summed E-state index contributed by atoms with van der Waals surface area (Å²) in [6, 6.07) is 15.7. The van der Waals surface area contributed by atoms with Crippen molar-refractivity contribution in [1.82, 2.24) is 0 Å². The second-order valence-electron chi connectivity index (χ2n) is 3.32. The maximum atomic E-state index is 8.35. The van der Waals surface area contributed by atoms with Gasteiger partial charge in [-0.25, -0.2) is 0 Å². The third-order valence-electron chi connectivity index (χ3n) is 2.22.